The van der Waals surface area contributed by atoms with Gasteiger partial charge in [-0.1, -0.05) is 91.0 Å². The van der Waals surface area contributed by atoms with Crippen molar-refractivity contribution in [3.05, 3.63) is 108 Å². The zero-order chi connectivity index (χ0) is 35.4. The molecular weight excluding hydrogens is 622 g/mol. The van der Waals surface area contributed by atoms with Gasteiger partial charge in [0.25, 0.3) is 0 Å². The molecule has 1 aliphatic rings. The molecule has 0 saturated heterocycles. The standard InChI is InChI=1S/C39H53N3O7/c1-38(2,3)48-30(43)22-41-33-35(45-24-27-16-10-7-11-17-27)32(40)36(46-25-28-18-12-8-13-19-28)34(42-23-31(44)49-39(4,5)6)37(33)47-26-29-20-14-9-15-21-29/h7-21,32-37,41-42H,22-26,40H2,1-6H3/t32?,33-,34+,35-,36+,37?. The second-order valence-electron chi connectivity index (χ2n) is 14.3. The topological polar surface area (TPSA) is 130 Å². The first-order valence-corrected chi connectivity index (χ1v) is 16.9. The Hall–Kier alpha value is -3.64. The average Bonchev–Trinajstić information content (AvgIpc) is 3.04. The zero-order valence-corrected chi connectivity index (χ0v) is 29.6. The van der Waals surface area contributed by atoms with Crippen molar-refractivity contribution in [2.45, 2.75) is 109 Å². The normalized spacial score (nSPS) is 22.8. The Labute approximate surface area is 291 Å². The molecule has 10 heteroatoms. The first kappa shape index (κ1) is 38.2. The maximum absolute atomic E-state index is 13.0. The van der Waals surface area contributed by atoms with Crippen molar-refractivity contribution in [1.29, 1.82) is 0 Å². The Morgan fingerprint density at radius 2 is 0.857 bits per heavy atom. The number of carbonyl (C=O) groups excluding carboxylic acids is 2. The van der Waals surface area contributed by atoms with Crippen molar-refractivity contribution in [2.24, 2.45) is 5.73 Å². The van der Waals surface area contributed by atoms with Gasteiger partial charge >= 0.3 is 11.9 Å². The molecular formula is C39H53N3O7. The summed E-state index contributed by atoms with van der Waals surface area (Å²) in [7, 11) is 0. The molecule has 3 aromatic carbocycles. The fraction of sp³-hybridized carbons (Fsp3) is 0.487. The van der Waals surface area contributed by atoms with Crippen molar-refractivity contribution in [1.82, 2.24) is 10.6 Å². The van der Waals surface area contributed by atoms with Crippen LogP contribution in [0.4, 0.5) is 0 Å². The molecule has 0 amide bonds. The maximum atomic E-state index is 13.0. The van der Waals surface area contributed by atoms with Crippen LogP contribution in [0.5, 0.6) is 0 Å². The monoisotopic (exact) mass is 675 g/mol. The van der Waals surface area contributed by atoms with Crippen LogP contribution in [0.1, 0.15) is 58.2 Å². The molecule has 1 fully saturated rings. The van der Waals surface area contributed by atoms with Crippen LogP contribution in [0.3, 0.4) is 0 Å². The zero-order valence-electron chi connectivity index (χ0n) is 29.6. The molecule has 49 heavy (non-hydrogen) atoms. The maximum Gasteiger partial charge on any atom is 0.320 e. The molecule has 1 aliphatic carbocycles. The van der Waals surface area contributed by atoms with E-state index < -0.39 is 59.6 Å². The summed E-state index contributed by atoms with van der Waals surface area (Å²) >= 11 is 0. The van der Waals surface area contributed by atoms with Crippen LogP contribution in [0.15, 0.2) is 91.0 Å². The first-order chi connectivity index (χ1) is 23.3. The van der Waals surface area contributed by atoms with Crippen LogP contribution in [0.2, 0.25) is 0 Å². The third kappa shape index (κ3) is 12.6. The smallest absolute Gasteiger partial charge is 0.320 e. The number of rotatable bonds is 15. The van der Waals surface area contributed by atoms with Gasteiger partial charge in [0.05, 0.1) is 69.3 Å². The summed E-state index contributed by atoms with van der Waals surface area (Å²) in [6, 6.07) is 27.5. The summed E-state index contributed by atoms with van der Waals surface area (Å²) in [5.41, 5.74) is 8.66. The number of benzene rings is 3. The van der Waals surface area contributed by atoms with Gasteiger partial charge in [-0.15, -0.1) is 0 Å². The Bertz CT molecular complexity index is 1340. The number of ether oxygens (including phenoxy) is 5. The number of hydrogen-bond donors (Lipinski definition) is 3. The third-order valence-corrected chi connectivity index (χ3v) is 7.83. The summed E-state index contributed by atoms with van der Waals surface area (Å²) in [5, 5.41) is 6.76. The molecule has 10 nitrogen and oxygen atoms in total. The van der Waals surface area contributed by atoms with E-state index in [1.165, 1.54) is 0 Å². The van der Waals surface area contributed by atoms with Gasteiger partial charge in [-0.2, -0.15) is 0 Å². The highest BCUT2D eigenvalue weighted by Gasteiger charge is 2.52. The lowest BCUT2D eigenvalue weighted by Gasteiger charge is -2.50. The molecule has 0 aliphatic heterocycles. The van der Waals surface area contributed by atoms with Crippen molar-refractivity contribution in [3.63, 3.8) is 0 Å². The fourth-order valence-corrected chi connectivity index (χ4v) is 5.82. The van der Waals surface area contributed by atoms with E-state index in [-0.39, 0.29) is 32.9 Å². The summed E-state index contributed by atoms with van der Waals surface area (Å²) < 4.78 is 31.2. The molecule has 2 unspecified atom stereocenters. The van der Waals surface area contributed by atoms with Crippen LogP contribution in [0.25, 0.3) is 0 Å². The van der Waals surface area contributed by atoms with E-state index in [1.807, 2.05) is 133 Å². The van der Waals surface area contributed by atoms with Gasteiger partial charge < -0.3 is 29.4 Å². The highest BCUT2D eigenvalue weighted by atomic mass is 16.6. The Kier molecular flexibility index (Phi) is 13.9. The largest absolute Gasteiger partial charge is 0.459 e. The van der Waals surface area contributed by atoms with E-state index in [4.69, 9.17) is 29.4 Å². The number of esters is 2. The minimum absolute atomic E-state index is 0.112. The van der Waals surface area contributed by atoms with Crippen LogP contribution >= 0.6 is 0 Å². The number of nitrogens with one attached hydrogen (secondary N) is 2. The predicted octanol–water partition coefficient (Wildman–Crippen LogP) is 4.68. The molecule has 0 heterocycles. The second kappa shape index (κ2) is 17.8. The SMILES string of the molecule is CC(C)(C)OC(=O)CN[C@@H]1C(OCc2ccccc2)[C@H](NCC(=O)OC(C)(C)C)[C@H](OCc2ccccc2)C(N)[C@@H]1OCc1ccccc1. The third-order valence-electron chi connectivity index (χ3n) is 7.83. The first-order valence-electron chi connectivity index (χ1n) is 16.9. The summed E-state index contributed by atoms with van der Waals surface area (Å²) in [6.07, 6.45) is -2.00. The highest BCUT2D eigenvalue weighted by Crippen LogP contribution is 2.30. The van der Waals surface area contributed by atoms with E-state index in [9.17, 15) is 9.59 Å². The molecule has 4 N–H and O–H groups in total. The molecule has 266 valence electrons. The van der Waals surface area contributed by atoms with Gasteiger partial charge in [0, 0.05) is 0 Å². The molecule has 3 aromatic rings. The number of carbonyl (C=O) groups is 2. The Morgan fingerprint density at radius 3 is 1.16 bits per heavy atom. The summed E-state index contributed by atoms with van der Waals surface area (Å²) in [5.74, 6) is -0.851. The number of nitrogens with two attached hydrogens (primary N) is 1. The van der Waals surface area contributed by atoms with Crippen LogP contribution in [-0.4, -0.2) is 72.7 Å². The molecule has 0 bridgehead atoms. The molecule has 0 radical (unpaired) electrons. The molecule has 6 atom stereocenters. The van der Waals surface area contributed by atoms with Crippen LogP contribution in [-0.2, 0) is 53.1 Å². The van der Waals surface area contributed by atoms with E-state index in [1.54, 1.807) is 0 Å². The van der Waals surface area contributed by atoms with Gasteiger partial charge in [-0.05, 0) is 58.2 Å². The molecule has 0 spiro atoms. The average molecular weight is 676 g/mol. The molecule has 1 saturated carbocycles. The van der Waals surface area contributed by atoms with Crippen molar-refractivity contribution >= 4 is 11.9 Å². The lowest BCUT2D eigenvalue weighted by atomic mass is 9.79. The van der Waals surface area contributed by atoms with Gasteiger partial charge in [-0.3, -0.25) is 20.2 Å². The van der Waals surface area contributed by atoms with Crippen molar-refractivity contribution in [2.75, 3.05) is 13.1 Å². The van der Waals surface area contributed by atoms with Gasteiger partial charge in [-0.25, -0.2) is 0 Å². The van der Waals surface area contributed by atoms with E-state index in [2.05, 4.69) is 10.6 Å². The van der Waals surface area contributed by atoms with Gasteiger partial charge in [0.1, 0.15) is 11.2 Å². The quantitative estimate of drug-likeness (QED) is 0.195. The van der Waals surface area contributed by atoms with Crippen molar-refractivity contribution in [3.8, 4) is 0 Å². The molecule has 4 rings (SSSR count). The van der Waals surface area contributed by atoms with E-state index in [0.29, 0.717) is 0 Å². The summed E-state index contributed by atoms with van der Waals surface area (Å²) in [4.78, 5) is 26.0. The lowest BCUT2D eigenvalue weighted by molar-refractivity contribution is -0.166. The van der Waals surface area contributed by atoms with Gasteiger partial charge in [0.2, 0.25) is 0 Å². The summed E-state index contributed by atoms with van der Waals surface area (Å²) in [6.45, 7) is 11.5. The van der Waals surface area contributed by atoms with E-state index >= 15 is 0 Å². The fourth-order valence-electron chi connectivity index (χ4n) is 5.82. The predicted molar refractivity (Wildman–Crippen MR) is 188 cm³/mol. The van der Waals surface area contributed by atoms with Crippen LogP contribution < -0.4 is 16.4 Å². The number of hydrogen-bond acceptors (Lipinski definition) is 10. The Balaban J connectivity index is 1.71. The Morgan fingerprint density at radius 1 is 0.551 bits per heavy atom. The van der Waals surface area contributed by atoms with Gasteiger partial charge in [0.15, 0.2) is 0 Å². The highest BCUT2D eigenvalue weighted by molar-refractivity contribution is 5.72. The second-order valence-corrected chi connectivity index (χ2v) is 14.3. The van der Waals surface area contributed by atoms with Crippen LogP contribution in [0, 0.1) is 0 Å². The van der Waals surface area contributed by atoms with Crippen molar-refractivity contribution < 1.29 is 33.3 Å². The lowest BCUT2D eigenvalue weighted by Crippen LogP contribution is -2.74. The molecule has 0 aromatic heterocycles. The minimum Gasteiger partial charge on any atom is -0.459 e. The minimum atomic E-state index is -0.698. The van der Waals surface area contributed by atoms with E-state index in [0.717, 1.165) is 16.7 Å².